The molecule has 2 aliphatic rings. The van der Waals surface area contributed by atoms with E-state index in [-0.39, 0.29) is 18.9 Å². The van der Waals surface area contributed by atoms with Crippen molar-refractivity contribution in [1.82, 2.24) is 15.1 Å². The van der Waals surface area contributed by atoms with Gasteiger partial charge in [0, 0.05) is 31.6 Å². The summed E-state index contributed by atoms with van der Waals surface area (Å²) in [4.78, 5) is 66.3. The molecule has 0 aromatic heterocycles. The Bertz CT molecular complexity index is 1130. The highest BCUT2D eigenvalue weighted by molar-refractivity contribution is 6.20. The minimum absolute atomic E-state index is 0.0237. The van der Waals surface area contributed by atoms with Crippen molar-refractivity contribution < 1.29 is 29.1 Å². The number of nitrogens with zero attached hydrogens (tertiary/aromatic N) is 2. The van der Waals surface area contributed by atoms with Crippen molar-refractivity contribution in [3.05, 3.63) is 71.8 Å². The van der Waals surface area contributed by atoms with Gasteiger partial charge >= 0.3 is 5.97 Å². The Kier molecular flexibility index (Phi) is 6.95. The number of benzene rings is 2. The minimum Gasteiger partial charge on any atom is -0.480 e. The molecule has 2 heterocycles. The summed E-state index contributed by atoms with van der Waals surface area (Å²) in [5, 5.41) is 11.0. The number of carbonyl (C=O) groups excluding carboxylic acids is 4. The normalized spacial score (nSPS) is 19.5. The number of hydrogen-bond donors (Lipinski definition) is 2. The van der Waals surface area contributed by atoms with E-state index in [2.05, 4.69) is 5.32 Å². The third-order valence-corrected chi connectivity index (χ3v) is 6.77. The van der Waals surface area contributed by atoms with Crippen LogP contribution in [0.4, 0.5) is 0 Å². The number of Topliss-reactive ketones (excluding diaryl/α,β-unsaturated/α-hetero) is 1. The van der Waals surface area contributed by atoms with Crippen LogP contribution >= 0.6 is 0 Å². The molecular weight excluding hydrogens is 450 g/mol. The number of likely N-dealkylation sites (tertiary alicyclic amines) is 2. The van der Waals surface area contributed by atoms with E-state index in [0.29, 0.717) is 31.5 Å². The molecule has 1 spiro atoms. The number of rotatable bonds is 6. The van der Waals surface area contributed by atoms with Crippen LogP contribution in [0.1, 0.15) is 35.2 Å². The Morgan fingerprint density at radius 1 is 0.943 bits per heavy atom. The molecule has 0 radical (unpaired) electrons. The van der Waals surface area contributed by atoms with Gasteiger partial charge in [-0.3, -0.25) is 24.0 Å². The van der Waals surface area contributed by atoms with Crippen molar-refractivity contribution in [3.8, 4) is 0 Å². The fraction of sp³-hybridized carbons (Fsp3) is 0.346. The smallest absolute Gasteiger partial charge is 0.322 e. The van der Waals surface area contributed by atoms with Crippen LogP contribution in [0, 0.1) is 5.92 Å². The Hall–Kier alpha value is -4.01. The van der Waals surface area contributed by atoms with Crippen molar-refractivity contribution >= 4 is 29.5 Å². The van der Waals surface area contributed by atoms with Gasteiger partial charge in [-0.25, -0.2) is 0 Å². The van der Waals surface area contributed by atoms with Crippen LogP contribution < -0.4 is 5.32 Å². The fourth-order valence-corrected chi connectivity index (χ4v) is 4.92. The summed E-state index contributed by atoms with van der Waals surface area (Å²) in [5.41, 5.74) is 0.610. The van der Waals surface area contributed by atoms with Crippen LogP contribution in [0.15, 0.2) is 60.7 Å². The third kappa shape index (κ3) is 5.08. The Morgan fingerprint density at radius 2 is 1.54 bits per heavy atom. The largest absolute Gasteiger partial charge is 0.480 e. The molecule has 0 bridgehead atoms. The predicted molar refractivity (Wildman–Crippen MR) is 125 cm³/mol. The van der Waals surface area contributed by atoms with E-state index in [4.69, 9.17) is 5.11 Å². The summed E-state index contributed by atoms with van der Waals surface area (Å²) in [7, 11) is 0. The molecule has 2 N–H and O–H groups in total. The van der Waals surface area contributed by atoms with Crippen LogP contribution in [0.2, 0.25) is 0 Å². The van der Waals surface area contributed by atoms with Crippen molar-refractivity contribution in [1.29, 1.82) is 0 Å². The maximum atomic E-state index is 13.6. The minimum atomic E-state index is -1.58. The number of ketones is 1. The highest BCUT2D eigenvalue weighted by atomic mass is 16.4. The van der Waals surface area contributed by atoms with E-state index in [1.54, 1.807) is 34.1 Å². The summed E-state index contributed by atoms with van der Waals surface area (Å²) in [6.45, 7) is 0.281. The Balaban J connectivity index is 1.57. The molecule has 2 saturated heterocycles. The standard InChI is InChI=1S/C26H27N3O6/c30-20-15-26(11-13-28(14-12-26)24(34)19-9-5-2-6-10-19)29(17-18-7-3-1-4-8-18)25(35)22(20)23(33)27-16-21(31)32/h1-10,22H,11-17H2,(H,27,33)(H,31,32). The first-order chi connectivity index (χ1) is 16.8. The van der Waals surface area contributed by atoms with Crippen molar-refractivity contribution in [2.24, 2.45) is 5.92 Å². The highest BCUT2D eigenvalue weighted by Gasteiger charge is 2.53. The number of piperidine rings is 2. The first-order valence-corrected chi connectivity index (χ1v) is 11.5. The SMILES string of the molecule is O=C(O)CNC(=O)C1C(=O)CC2(CCN(C(=O)c3ccccc3)CC2)N(Cc2ccccc2)C1=O. The van der Waals surface area contributed by atoms with Gasteiger partial charge in [0.1, 0.15) is 6.54 Å². The molecule has 4 rings (SSSR count). The lowest BCUT2D eigenvalue weighted by molar-refractivity contribution is -0.162. The average molecular weight is 478 g/mol. The second kappa shape index (κ2) is 10.1. The van der Waals surface area contributed by atoms with E-state index in [9.17, 15) is 24.0 Å². The highest BCUT2D eigenvalue weighted by Crippen LogP contribution is 2.39. The van der Waals surface area contributed by atoms with Gasteiger partial charge in [0.25, 0.3) is 5.91 Å². The van der Waals surface area contributed by atoms with Gasteiger partial charge in [0.15, 0.2) is 11.7 Å². The summed E-state index contributed by atoms with van der Waals surface area (Å²) in [6.07, 6.45) is 0.781. The van der Waals surface area contributed by atoms with Gasteiger partial charge in [-0.2, -0.15) is 0 Å². The number of carbonyl (C=O) groups is 5. The fourth-order valence-electron chi connectivity index (χ4n) is 4.92. The Labute approximate surface area is 202 Å². The third-order valence-electron chi connectivity index (χ3n) is 6.77. The molecule has 1 atom stereocenters. The summed E-state index contributed by atoms with van der Waals surface area (Å²) < 4.78 is 0. The monoisotopic (exact) mass is 477 g/mol. The van der Waals surface area contributed by atoms with E-state index in [0.717, 1.165) is 5.56 Å². The molecule has 9 nitrogen and oxygen atoms in total. The van der Waals surface area contributed by atoms with Gasteiger partial charge in [0.2, 0.25) is 11.8 Å². The van der Waals surface area contributed by atoms with Crippen LogP contribution in [0.25, 0.3) is 0 Å². The zero-order chi connectivity index (χ0) is 25.0. The van der Waals surface area contributed by atoms with Gasteiger partial charge < -0.3 is 20.2 Å². The van der Waals surface area contributed by atoms with Gasteiger partial charge in [-0.05, 0) is 30.5 Å². The Morgan fingerprint density at radius 3 is 2.14 bits per heavy atom. The number of carboxylic acids is 1. The number of amides is 3. The van der Waals surface area contributed by atoms with Crippen LogP contribution in [0.3, 0.4) is 0 Å². The molecule has 0 saturated carbocycles. The molecule has 2 aliphatic heterocycles. The second-order valence-corrected chi connectivity index (χ2v) is 8.98. The summed E-state index contributed by atoms with van der Waals surface area (Å²) >= 11 is 0. The van der Waals surface area contributed by atoms with Crippen LogP contribution in [0.5, 0.6) is 0 Å². The first-order valence-electron chi connectivity index (χ1n) is 11.5. The van der Waals surface area contributed by atoms with Crippen LogP contribution in [-0.2, 0) is 25.7 Å². The number of hydrogen-bond acceptors (Lipinski definition) is 5. The van der Waals surface area contributed by atoms with Gasteiger partial charge in [0.05, 0.1) is 5.54 Å². The van der Waals surface area contributed by atoms with Crippen molar-refractivity contribution in [2.75, 3.05) is 19.6 Å². The van der Waals surface area contributed by atoms with E-state index in [1.807, 2.05) is 36.4 Å². The summed E-state index contributed by atoms with van der Waals surface area (Å²) in [5.74, 6) is -4.99. The molecular formula is C26H27N3O6. The molecule has 2 aromatic carbocycles. The van der Waals surface area contributed by atoms with Crippen molar-refractivity contribution in [3.63, 3.8) is 0 Å². The number of nitrogens with one attached hydrogen (secondary N) is 1. The zero-order valence-electron chi connectivity index (χ0n) is 19.2. The second-order valence-electron chi connectivity index (χ2n) is 8.98. The lowest BCUT2D eigenvalue weighted by atomic mass is 9.74. The maximum absolute atomic E-state index is 13.6. The molecule has 1 unspecified atom stereocenters. The van der Waals surface area contributed by atoms with Gasteiger partial charge in [-0.15, -0.1) is 0 Å². The number of carboxylic acid groups (broad SMARTS) is 1. The molecule has 0 aliphatic carbocycles. The maximum Gasteiger partial charge on any atom is 0.322 e. The van der Waals surface area contributed by atoms with E-state index >= 15 is 0 Å². The first kappa shape index (κ1) is 24.1. The molecule has 9 heteroatoms. The number of aliphatic carboxylic acids is 1. The van der Waals surface area contributed by atoms with E-state index in [1.165, 1.54) is 0 Å². The molecule has 3 amide bonds. The lowest BCUT2D eigenvalue weighted by Crippen LogP contribution is -2.65. The molecule has 182 valence electrons. The molecule has 2 aromatic rings. The molecule has 2 fully saturated rings. The topological polar surface area (TPSA) is 124 Å². The predicted octanol–water partition coefficient (Wildman–Crippen LogP) is 1.48. The lowest BCUT2D eigenvalue weighted by Gasteiger charge is -2.52. The average Bonchev–Trinajstić information content (AvgIpc) is 2.86. The molecule has 35 heavy (non-hydrogen) atoms. The van der Waals surface area contributed by atoms with Crippen LogP contribution in [-0.4, -0.2) is 69.6 Å². The van der Waals surface area contributed by atoms with Crippen molar-refractivity contribution in [2.45, 2.75) is 31.3 Å². The zero-order valence-corrected chi connectivity index (χ0v) is 19.2. The summed E-state index contributed by atoms with van der Waals surface area (Å²) in [6, 6.07) is 18.2. The quantitative estimate of drug-likeness (QED) is 0.608. The van der Waals surface area contributed by atoms with Gasteiger partial charge in [-0.1, -0.05) is 48.5 Å². The van der Waals surface area contributed by atoms with E-state index < -0.39 is 41.6 Å².